The quantitative estimate of drug-likeness (QED) is 0.335. The number of hydrogen-bond donors (Lipinski definition) is 1. The fourth-order valence-corrected chi connectivity index (χ4v) is 4.91. The molecule has 3 aromatic rings. The number of aryl methyl sites for hydroxylation is 1. The molecule has 9 heteroatoms. The Kier molecular flexibility index (Phi) is 9.60. The lowest BCUT2D eigenvalue weighted by molar-refractivity contribution is -0.0168. The van der Waals surface area contributed by atoms with Crippen molar-refractivity contribution in [2.24, 2.45) is 0 Å². The van der Waals surface area contributed by atoms with Crippen LogP contribution in [0.4, 0.5) is 0 Å². The average molecular weight is 549 g/mol. The largest absolute Gasteiger partial charge is 0.493 e. The zero-order chi connectivity index (χ0) is 26.3. The first-order valence-corrected chi connectivity index (χ1v) is 13.5. The number of halogens is 2. The molecule has 1 fully saturated rings. The Balaban J connectivity index is 1.31. The topological polar surface area (TPSA) is 69.0 Å². The van der Waals surface area contributed by atoms with E-state index < -0.39 is 5.60 Å². The van der Waals surface area contributed by atoms with Gasteiger partial charge in [0.15, 0.2) is 11.5 Å². The van der Waals surface area contributed by atoms with Gasteiger partial charge in [-0.2, -0.15) is 0 Å². The van der Waals surface area contributed by atoms with Gasteiger partial charge in [-0.05, 0) is 55.6 Å². The van der Waals surface area contributed by atoms with Crippen LogP contribution < -0.4 is 14.2 Å². The Morgan fingerprint density at radius 1 is 1.03 bits per heavy atom. The molecule has 1 aliphatic rings. The van der Waals surface area contributed by atoms with E-state index in [9.17, 15) is 5.11 Å². The SMILES string of the molecule is CCc1nccn1CCOc1cc(CN2CCC[C@](O)(COc3ccc(Cl)c(Cl)c3)CC2)ccc1OC. The van der Waals surface area contributed by atoms with Crippen LogP contribution in [0.5, 0.6) is 17.2 Å². The van der Waals surface area contributed by atoms with Gasteiger partial charge in [0.25, 0.3) is 0 Å². The monoisotopic (exact) mass is 547 g/mol. The minimum Gasteiger partial charge on any atom is -0.493 e. The first kappa shape index (κ1) is 27.6. The molecule has 2 aromatic carbocycles. The van der Waals surface area contributed by atoms with Crippen molar-refractivity contribution in [2.45, 2.75) is 51.3 Å². The van der Waals surface area contributed by atoms with Gasteiger partial charge in [0.1, 0.15) is 24.8 Å². The summed E-state index contributed by atoms with van der Waals surface area (Å²) in [5, 5.41) is 12.1. The van der Waals surface area contributed by atoms with Crippen LogP contribution in [0.3, 0.4) is 0 Å². The Morgan fingerprint density at radius 2 is 1.89 bits per heavy atom. The number of imidazole rings is 1. The number of hydrogen-bond acceptors (Lipinski definition) is 6. The zero-order valence-corrected chi connectivity index (χ0v) is 23.0. The molecule has 37 heavy (non-hydrogen) atoms. The van der Waals surface area contributed by atoms with E-state index in [2.05, 4.69) is 33.5 Å². The fraction of sp³-hybridized carbons (Fsp3) is 0.464. The first-order chi connectivity index (χ1) is 17.9. The standard InChI is InChI=1S/C28H35Cl2N3O4/c1-3-27-31-11-14-33(27)15-16-36-26-17-21(5-8-25(26)35-2)19-32-12-4-9-28(34,10-13-32)20-37-22-6-7-23(29)24(30)18-22/h5-8,11,14,17-18,34H,3-4,9-10,12-13,15-16,19-20H2,1-2H3/t28-/m1/s1. The Bertz CT molecular complexity index is 1170. The van der Waals surface area contributed by atoms with Gasteiger partial charge in [-0.3, -0.25) is 4.90 Å². The van der Waals surface area contributed by atoms with E-state index in [0.717, 1.165) is 61.9 Å². The highest BCUT2D eigenvalue weighted by molar-refractivity contribution is 6.42. The van der Waals surface area contributed by atoms with E-state index in [0.29, 0.717) is 35.2 Å². The molecule has 7 nitrogen and oxygen atoms in total. The summed E-state index contributed by atoms with van der Waals surface area (Å²) < 4.78 is 19.6. The molecule has 0 aliphatic carbocycles. The Morgan fingerprint density at radius 3 is 2.68 bits per heavy atom. The second-order valence-corrected chi connectivity index (χ2v) is 10.3. The zero-order valence-electron chi connectivity index (χ0n) is 21.5. The van der Waals surface area contributed by atoms with Crippen LogP contribution in [0.15, 0.2) is 48.8 Å². The van der Waals surface area contributed by atoms with Gasteiger partial charge >= 0.3 is 0 Å². The van der Waals surface area contributed by atoms with Gasteiger partial charge in [0.05, 0.1) is 29.3 Å². The van der Waals surface area contributed by atoms with Crippen molar-refractivity contribution in [1.29, 1.82) is 0 Å². The van der Waals surface area contributed by atoms with Crippen LogP contribution in [0, 0.1) is 0 Å². The van der Waals surface area contributed by atoms with Crippen LogP contribution in [-0.2, 0) is 19.5 Å². The van der Waals surface area contributed by atoms with Crippen molar-refractivity contribution in [2.75, 3.05) is 33.4 Å². The van der Waals surface area contributed by atoms with Crippen LogP contribution >= 0.6 is 23.2 Å². The molecule has 0 radical (unpaired) electrons. The minimum absolute atomic E-state index is 0.218. The summed E-state index contributed by atoms with van der Waals surface area (Å²) in [5.74, 6) is 3.11. The maximum absolute atomic E-state index is 11.2. The minimum atomic E-state index is -0.889. The Hall–Kier alpha value is -2.45. The van der Waals surface area contributed by atoms with E-state index in [4.69, 9.17) is 37.4 Å². The third-order valence-corrected chi connectivity index (χ3v) is 7.49. The predicted octanol–water partition coefficient (Wildman–Crippen LogP) is 5.64. The lowest BCUT2D eigenvalue weighted by atomic mass is 9.96. The summed E-state index contributed by atoms with van der Waals surface area (Å²) in [4.78, 5) is 6.73. The molecular formula is C28H35Cl2N3O4. The van der Waals surface area contributed by atoms with Crippen molar-refractivity contribution in [3.05, 3.63) is 70.2 Å². The molecule has 2 heterocycles. The predicted molar refractivity (Wildman–Crippen MR) is 146 cm³/mol. The van der Waals surface area contributed by atoms with Crippen molar-refractivity contribution in [3.63, 3.8) is 0 Å². The molecule has 1 aromatic heterocycles. The fourth-order valence-electron chi connectivity index (χ4n) is 4.62. The Labute approximate surface area is 228 Å². The number of likely N-dealkylation sites (tertiary alicyclic amines) is 1. The third-order valence-electron chi connectivity index (χ3n) is 6.75. The van der Waals surface area contributed by atoms with Crippen molar-refractivity contribution < 1.29 is 19.3 Å². The molecule has 0 saturated carbocycles. The smallest absolute Gasteiger partial charge is 0.161 e. The summed E-state index contributed by atoms with van der Waals surface area (Å²) >= 11 is 12.1. The highest BCUT2D eigenvalue weighted by Gasteiger charge is 2.31. The molecule has 1 atom stereocenters. The molecule has 0 bridgehead atoms. The summed E-state index contributed by atoms with van der Waals surface area (Å²) in [6.07, 6.45) is 6.87. The van der Waals surface area contributed by atoms with Crippen molar-refractivity contribution in [1.82, 2.24) is 14.5 Å². The van der Waals surface area contributed by atoms with Crippen molar-refractivity contribution >= 4 is 23.2 Å². The van der Waals surface area contributed by atoms with Gasteiger partial charge in [-0.25, -0.2) is 4.98 Å². The van der Waals surface area contributed by atoms with E-state index in [1.54, 1.807) is 25.3 Å². The first-order valence-electron chi connectivity index (χ1n) is 12.7. The normalized spacial score (nSPS) is 18.4. The van der Waals surface area contributed by atoms with E-state index in [-0.39, 0.29) is 6.61 Å². The highest BCUT2D eigenvalue weighted by Crippen LogP contribution is 2.31. The number of rotatable bonds is 11. The van der Waals surface area contributed by atoms with E-state index >= 15 is 0 Å². The number of methoxy groups -OCH3 is 1. The van der Waals surface area contributed by atoms with Gasteiger partial charge in [0, 0.05) is 38.0 Å². The molecular weight excluding hydrogens is 513 g/mol. The van der Waals surface area contributed by atoms with Gasteiger partial charge in [0.2, 0.25) is 0 Å². The highest BCUT2D eigenvalue weighted by atomic mass is 35.5. The molecule has 1 N–H and O–H groups in total. The van der Waals surface area contributed by atoms with Gasteiger partial charge in [-0.1, -0.05) is 36.2 Å². The molecule has 4 rings (SSSR count). The van der Waals surface area contributed by atoms with Crippen LogP contribution in [0.1, 0.15) is 37.6 Å². The molecule has 0 unspecified atom stereocenters. The van der Waals surface area contributed by atoms with E-state index in [1.807, 2.05) is 18.5 Å². The number of ether oxygens (including phenoxy) is 3. The third kappa shape index (κ3) is 7.54. The molecule has 1 saturated heterocycles. The van der Waals surface area contributed by atoms with Gasteiger partial charge < -0.3 is 23.9 Å². The van der Waals surface area contributed by atoms with Gasteiger partial charge in [-0.15, -0.1) is 0 Å². The summed E-state index contributed by atoms with van der Waals surface area (Å²) in [6, 6.07) is 11.2. The summed E-state index contributed by atoms with van der Waals surface area (Å²) in [5.41, 5.74) is 0.254. The maximum atomic E-state index is 11.2. The molecule has 0 amide bonds. The van der Waals surface area contributed by atoms with E-state index in [1.165, 1.54) is 0 Å². The number of aliphatic hydroxyl groups is 1. The van der Waals surface area contributed by atoms with Crippen LogP contribution in [-0.4, -0.2) is 58.6 Å². The lowest BCUT2D eigenvalue weighted by Gasteiger charge is -2.27. The van der Waals surface area contributed by atoms with Crippen molar-refractivity contribution in [3.8, 4) is 17.2 Å². The number of aromatic nitrogens is 2. The lowest BCUT2D eigenvalue weighted by Crippen LogP contribution is -2.37. The maximum Gasteiger partial charge on any atom is 0.161 e. The second-order valence-electron chi connectivity index (χ2n) is 9.44. The summed E-state index contributed by atoms with van der Waals surface area (Å²) in [7, 11) is 1.66. The second kappa shape index (κ2) is 12.9. The number of nitrogens with zero attached hydrogens (tertiary/aromatic N) is 3. The number of benzene rings is 2. The molecule has 200 valence electrons. The molecule has 1 aliphatic heterocycles. The van der Waals surface area contributed by atoms with Crippen LogP contribution in [0.2, 0.25) is 10.0 Å². The average Bonchev–Trinajstić information content (AvgIpc) is 3.27. The summed E-state index contributed by atoms with van der Waals surface area (Å²) in [6.45, 7) is 6.01. The molecule has 0 spiro atoms. The van der Waals surface area contributed by atoms with Crippen LogP contribution in [0.25, 0.3) is 0 Å².